The fourth-order valence-corrected chi connectivity index (χ4v) is 2.42. The van der Waals surface area contributed by atoms with Gasteiger partial charge in [0.15, 0.2) is 0 Å². The summed E-state index contributed by atoms with van der Waals surface area (Å²) in [6.45, 7) is 1.04. The van der Waals surface area contributed by atoms with Crippen molar-refractivity contribution in [2.24, 2.45) is 0 Å². The summed E-state index contributed by atoms with van der Waals surface area (Å²) in [5.74, 6) is -0.356. The zero-order valence-corrected chi connectivity index (χ0v) is 11.1. The number of hydrogen-bond donors (Lipinski definition) is 3. The molecular formula is C13H17ClFNO3. The first kappa shape index (κ1) is 14.7. The quantitative estimate of drug-likeness (QED) is 0.755. The van der Waals surface area contributed by atoms with Gasteiger partial charge < -0.3 is 15.3 Å². The standard InChI is InChI=1S/C13H17ClFNO3/c14-9-2-1-8(10(15)5-9)3-4-16-6-11(17)13(19)12(18)7-16/h1-2,5,11-13,17-19H,3-4,6-7H2/t11-,12+,13+. The van der Waals surface area contributed by atoms with E-state index < -0.39 is 18.3 Å². The van der Waals surface area contributed by atoms with Crippen LogP contribution in [0.25, 0.3) is 0 Å². The minimum absolute atomic E-state index is 0.271. The molecule has 1 aliphatic rings. The summed E-state index contributed by atoms with van der Waals surface area (Å²) in [5.41, 5.74) is 0.541. The summed E-state index contributed by atoms with van der Waals surface area (Å²) < 4.78 is 13.6. The molecule has 0 amide bonds. The van der Waals surface area contributed by atoms with Crippen LogP contribution in [-0.2, 0) is 6.42 Å². The molecule has 106 valence electrons. The first-order valence-electron chi connectivity index (χ1n) is 6.18. The number of likely N-dealkylation sites (tertiary alicyclic amines) is 1. The van der Waals surface area contributed by atoms with E-state index in [4.69, 9.17) is 11.6 Å². The van der Waals surface area contributed by atoms with Crippen molar-refractivity contribution >= 4 is 11.6 Å². The van der Waals surface area contributed by atoms with Gasteiger partial charge in [-0.3, -0.25) is 4.90 Å². The molecule has 1 aromatic carbocycles. The molecule has 19 heavy (non-hydrogen) atoms. The zero-order chi connectivity index (χ0) is 14.0. The molecule has 6 heteroatoms. The van der Waals surface area contributed by atoms with Crippen molar-refractivity contribution in [3.63, 3.8) is 0 Å². The number of piperidine rings is 1. The van der Waals surface area contributed by atoms with Gasteiger partial charge in [-0.2, -0.15) is 0 Å². The fourth-order valence-electron chi connectivity index (χ4n) is 2.26. The van der Waals surface area contributed by atoms with Crippen molar-refractivity contribution in [2.45, 2.75) is 24.7 Å². The van der Waals surface area contributed by atoms with Gasteiger partial charge in [0.1, 0.15) is 11.9 Å². The van der Waals surface area contributed by atoms with Crippen LogP contribution in [0.1, 0.15) is 5.56 Å². The number of rotatable bonds is 3. The molecule has 3 N–H and O–H groups in total. The van der Waals surface area contributed by atoms with E-state index in [1.165, 1.54) is 6.07 Å². The summed E-state index contributed by atoms with van der Waals surface area (Å²) in [4.78, 5) is 1.80. The summed E-state index contributed by atoms with van der Waals surface area (Å²) in [6.07, 6.45) is -2.60. The number of benzene rings is 1. The van der Waals surface area contributed by atoms with Crippen LogP contribution in [0.2, 0.25) is 5.02 Å². The SMILES string of the molecule is O[C@H]1[C@H](O)CN(CCc2ccc(Cl)cc2F)C[C@@H]1O. The molecule has 1 heterocycles. The highest BCUT2D eigenvalue weighted by atomic mass is 35.5. The number of nitrogens with zero attached hydrogens (tertiary/aromatic N) is 1. The Labute approximate surface area is 116 Å². The smallest absolute Gasteiger partial charge is 0.127 e. The largest absolute Gasteiger partial charge is 0.389 e. The van der Waals surface area contributed by atoms with Gasteiger partial charge >= 0.3 is 0 Å². The van der Waals surface area contributed by atoms with E-state index >= 15 is 0 Å². The van der Waals surface area contributed by atoms with E-state index in [0.29, 0.717) is 23.6 Å². The normalized spacial score (nSPS) is 28.6. The second-order valence-electron chi connectivity index (χ2n) is 4.87. The molecule has 3 atom stereocenters. The second-order valence-corrected chi connectivity index (χ2v) is 5.31. The molecule has 0 bridgehead atoms. The van der Waals surface area contributed by atoms with Gasteiger partial charge in [-0.1, -0.05) is 17.7 Å². The van der Waals surface area contributed by atoms with Crippen molar-refractivity contribution in [1.29, 1.82) is 0 Å². The van der Waals surface area contributed by atoms with E-state index in [9.17, 15) is 19.7 Å². The molecule has 1 saturated heterocycles. The topological polar surface area (TPSA) is 63.9 Å². The summed E-state index contributed by atoms with van der Waals surface area (Å²) in [5, 5.41) is 28.9. The van der Waals surface area contributed by atoms with Gasteiger partial charge in [-0.05, 0) is 24.1 Å². The van der Waals surface area contributed by atoms with Crippen LogP contribution in [0, 0.1) is 5.82 Å². The number of aliphatic hydroxyl groups is 3. The van der Waals surface area contributed by atoms with E-state index in [0.717, 1.165) is 0 Å². The average molecular weight is 290 g/mol. The van der Waals surface area contributed by atoms with Crippen LogP contribution in [-0.4, -0.2) is 58.2 Å². The van der Waals surface area contributed by atoms with Crippen LogP contribution in [0.4, 0.5) is 4.39 Å². The third-order valence-corrected chi connectivity index (χ3v) is 3.63. The highest BCUT2D eigenvalue weighted by Crippen LogP contribution is 2.17. The maximum absolute atomic E-state index is 13.6. The van der Waals surface area contributed by atoms with Gasteiger partial charge in [0.25, 0.3) is 0 Å². The molecule has 0 radical (unpaired) electrons. The lowest BCUT2D eigenvalue weighted by atomic mass is 10.0. The molecule has 1 fully saturated rings. The minimum atomic E-state index is -1.11. The number of aliphatic hydroxyl groups excluding tert-OH is 3. The Hall–Kier alpha value is -0.720. The van der Waals surface area contributed by atoms with Crippen molar-refractivity contribution in [2.75, 3.05) is 19.6 Å². The van der Waals surface area contributed by atoms with Crippen molar-refractivity contribution in [3.8, 4) is 0 Å². The van der Waals surface area contributed by atoms with E-state index in [2.05, 4.69) is 0 Å². The maximum Gasteiger partial charge on any atom is 0.127 e. The highest BCUT2D eigenvalue weighted by molar-refractivity contribution is 6.30. The molecule has 1 aliphatic heterocycles. The Kier molecular flexibility index (Phi) is 4.76. The van der Waals surface area contributed by atoms with Crippen LogP contribution in [0.5, 0.6) is 0 Å². The second kappa shape index (κ2) is 6.15. The molecule has 0 saturated carbocycles. The summed E-state index contributed by atoms with van der Waals surface area (Å²) in [6, 6.07) is 4.52. The number of halogens is 2. The van der Waals surface area contributed by atoms with Gasteiger partial charge in [0.2, 0.25) is 0 Å². The lowest BCUT2D eigenvalue weighted by Gasteiger charge is -2.36. The Bertz CT molecular complexity index is 434. The Balaban J connectivity index is 1.92. The summed E-state index contributed by atoms with van der Waals surface area (Å²) >= 11 is 5.68. The van der Waals surface area contributed by atoms with Gasteiger partial charge in [0, 0.05) is 24.7 Å². The Morgan fingerprint density at radius 3 is 2.42 bits per heavy atom. The van der Waals surface area contributed by atoms with Crippen LogP contribution in [0.15, 0.2) is 18.2 Å². The number of β-amino-alcohol motifs (C(OH)–C–C–N with tert-alkyl or cyclic N) is 2. The highest BCUT2D eigenvalue weighted by Gasteiger charge is 2.32. The van der Waals surface area contributed by atoms with E-state index in [-0.39, 0.29) is 18.9 Å². The third kappa shape index (κ3) is 3.64. The van der Waals surface area contributed by atoms with Gasteiger partial charge in [-0.15, -0.1) is 0 Å². The molecule has 1 aromatic rings. The molecule has 2 rings (SSSR count). The predicted molar refractivity (Wildman–Crippen MR) is 69.6 cm³/mol. The van der Waals surface area contributed by atoms with Gasteiger partial charge in [-0.25, -0.2) is 4.39 Å². The van der Waals surface area contributed by atoms with Crippen LogP contribution >= 0.6 is 11.6 Å². The Morgan fingerprint density at radius 2 is 1.84 bits per heavy atom. The lowest BCUT2D eigenvalue weighted by Crippen LogP contribution is -2.55. The molecule has 0 spiro atoms. The van der Waals surface area contributed by atoms with Crippen LogP contribution < -0.4 is 0 Å². The van der Waals surface area contributed by atoms with Crippen molar-refractivity contribution in [1.82, 2.24) is 4.90 Å². The predicted octanol–water partition coefficient (Wildman–Crippen LogP) is 0.420. The zero-order valence-electron chi connectivity index (χ0n) is 10.3. The first-order chi connectivity index (χ1) is 8.97. The Morgan fingerprint density at radius 1 is 1.21 bits per heavy atom. The fraction of sp³-hybridized carbons (Fsp3) is 0.538. The molecule has 0 aliphatic carbocycles. The van der Waals surface area contributed by atoms with Crippen LogP contribution in [0.3, 0.4) is 0 Å². The summed E-state index contributed by atoms with van der Waals surface area (Å²) in [7, 11) is 0. The molecule has 0 unspecified atom stereocenters. The van der Waals surface area contributed by atoms with Crippen molar-refractivity contribution < 1.29 is 19.7 Å². The number of hydrogen-bond acceptors (Lipinski definition) is 4. The third-order valence-electron chi connectivity index (χ3n) is 3.39. The molecular weight excluding hydrogens is 273 g/mol. The van der Waals surface area contributed by atoms with Crippen molar-refractivity contribution in [3.05, 3.63) is 34.6 Å². The lowest BCUT2D eigenvalue weighted by molar-refractivity contribution is -0.109. The molecule has 4 nitrogen and oxygen atoms in total. The van der Waals surface area contributed by atoms with E-state index in [1.54, 1.807) is 17.0 Å². The van der Waals surface area contributed by atoms with E-state index in [1.807, 2.05) is 0 Å². The maximum atomic E-state index is 13.6. The first-order valence-corrected chi connectivity index (χ1v) is 6.55. The molecule has 0 aromatic heterocycles. The monoisotopic (exact) mass is 289 g/mol. The minimum Gasteiger partial charge on any atom is -0.389 e. The van der Waals surface area contributed by atoms with Gasteiger partial charge in [0.05, 0.1) is 12.2 Å². The average Bonchev–Trinajstić information content (AvgIpc) is 2.34.